The summed E-state index contributed by atoms with van der Waals surface area (Å²) >= 11 is 1.36. The zero-order valence-electron chi connectivity index (χ0n) is 10.0. The van der Waals surface area contributed by atoms with Gasteiger partial charge in [-0.2, -0.15) is 0 Å². The molecule has 1 rings (SSSR count). The first kappa shape index (κ1) is 13.5. The van der Waals surface area contributed by atoms with Crippen molar-refractivity contribution in [3.63, 3.8) is 0 Å². The lowest BCUT2D eigenvalue weighted by atomic mass is 9.83. The number of imide groups is 1. The molecule has 4 nitrogen and oxygen atoms in total. The molecule has 0 aromatic carbocycles. The number of aliphatic hydroxyl groups excluding tert-OH is 1. The maximum absolute atomic E-state index is 11.8. The predicted octanol–water partition coefficient (Wildman–Crippen LogP) is 0.885. The summed E-state index contributed by atoms with van der Waals surface area (Å²) in [4.78, 5) is 24.9. The van der Waals surface area contributed by atoms with Crippen molar-refractivity contribution in [3.8, 4) is 0 Å². The molecule has 0 spiro atoms. The molecule has 1 heterocycles. The first-order valence-electron chi connectivity index (χ1n) is 5.41. The van der Waals surface area contributed by atoms with Gasteiger partial charge in [-0.3, -0.25) is 14.5 Å². The van der Waals surface area contributed by atoms with Crippen LogP contribution >= 0.6 is 11.8 Å². The Labute approximate surface area is 100 Å². The highest BCUT2D eigenvalue weighted by atomic mass is 32.2. The van der Waals surface area contributed by atoms with E-state index >= 15 is 0 Å². The highest BCUT2D eigenvalue weighted by Gasteiger charge is 2.38. The molecule has 1 aliphatic rings. The molecule has 1 N–H and O–H groups in total. The van der Waals surface area contributed by atoms with Crippen molar-refractivity contribution in [2.75, 3.05) is 18.1 Å². The van der Waals surface area contributed by atoms with E-state index in [-0.39, 0.29) is 29.9 Å². The second-order valence-electron chi connectivity index (χ2n) is 5.04. The monoisotopic (exact) mass is 245 g/mol. The molecule has 92 valence electrons. The summed E-state index contributed by atoms with van der Waals surface area (Å²) in [5.74, 6) is 0.470. The van der Waals surface area contributed by atoms with Crippen molar-refractivity contribution in [1.29, 1.82) is 0 Å². The third-order valence-electron chi connectivity index (χ3n) is 2.70. The van der Waals surface area contributed by atoms with Crippen molar-refractivity contribution in [3.05, 3.63) is 0 Å². The van der Waals surface area contributed by atoms with Gasteiger partial charge in [0, 0.05) is 12.6 Å². The van der Waals surface area contributed by atoms with Gasteiger partial charge in [-0.15, -0.1) is 11.8 Å². The van der Waals surface area contributed by atoms with E-state index in [2.05, 4.69) is 0 Å². The van der Waals surface area contributed by atoms with E-state index in [0.717, 1.165) is 0 Å². The van der Waals surface area contributed by atoms with E-state index in [4.69, 9.17) is 5.11 Å². The number of hydrogen-bond donors (Lipinski definition) is 1. The normalized spacial score (nSPS) is 20.1. The van der Waals surface area contributed by atoms with Crippen LogP contribution in [0.15, 0.2) is 0 Å². The van der Waals surface area contributed by atoms with Crippen molar-refractivity contribution >= 4 is 23.6 Å². The maximum atomic E-state index is 11.8. The molecule has 1 fully saturated rings. The van der Waals surface area contributed by atoms with Gasteiger partial charge in [0.05, 0.1) is 11.5 Å². The van der Waals surface area contributed by atoms with Gasteiger partial charge in [-0.1, -0.05) is 20.8 Å². The fraction of sp³-hybridized carbons (Fsp3) is 0.818. The van der Waals surface area contributed by atoms with Gasteiger partial charge in [-0.05, 0) is 11.8 Å². The topological polar surface area (TPSA) is 57.6 Å². The molecule has 1 unspecified atom stereocenters. The standard InChI is InChI=1S/C11H19NO3S/c1-11(2,3)8(4-5-13)12-9(14)6-16-7-10(12)15/h8,13H,4-7H2,1-3H3. The van der Waals surface area contributed by atoms with Crippen LogP contribution in [0.4, 0.5) is 0 Å². The SMILES string of the molecule is CC(C)(C)C(CCO)N1C(=O)CSCC1=O. The molecule has 0 aromatic rings. The minimum absolute atomic E-state index is 0.00780. The number of nitrogens with zero attached hydrogens (tertiary/aromatic N) is 1. The van der Waals surface area contributed by atoms with Crippen LogP contribution in [-0.2, 0) is 9.59 Å². The third kappa shape index (κ3) is 2.98. The lowest BCUT2D eigenvalue weighted by Gasteiger charge is -2.40. The van der Waals surface area contributed by atoms with E-state index in [1.54, 1.807) is 0 Å². The molecule has 1 atom stereocenters. The van der Waals surface area contributed by atoms with Crippen molar-refractivity contribution in [2.24, 2.45) is 5.41 Å². The minimum atomic E-state index is -0.210. The zero-order valence-corrected chi connectivity index (χ0v) is 10.8. The van der Waals surface area contributed by atoms with E-state index in [1.165, 1.54) is 16.7 Å². The Kier molecular flexibility index (Phi) is 4.38. The third-order valence-corrected chi connectivity index (χ3v) is 3.60. The Hall–Kier alpha value is -0.550. The molecule has 0 saturated carbocycles. The molecule has 0 aromatic heterocycles. The van der Waals surface area contributed by atoms with Gasteiger partial charge in [0.2, 0.25) is 11.8 Å². The second-order valence-corrected chi connectivity index (χ2v) is 6.03. The van der Waals surface area contributed by atoms with Crippen LogP contribution in [0, 0.1) is 5.41 Å². The summed E-state index contributed by atoms with van der Waals surface area (Å²) in [5, 5.41) is 9.05. The van der Waals surface area contributed by atoms with Crippen LogP contribution in [0.2, 0.25) is 0 Å². The van der Waals surface area contributed by atoms with E-state index in [9.17, 15) is 9.59 Å². The Balaban J connectivity index is 2.91. The lowest BCUT2D eigenvalue weighted by Crippen LogP contribution is -2.54. The maximum Gasteiger partial charge on any atom is 0.239 e. The van der Waals surface area contributed by atoms with E-state index < -0.39 is 0 Å². The molecule has 0 radical (unpaired) electrons. The second kappa shape index (κ2) is 5.19. The lowest BCUT2D eigenvalue weighted by molar-refractivity contribution is -0.148. The molecule has 1 saturated heterocycles. The van der Waals surface area contributed by atoms with Crippen LogP contribution in [0.5, 0.6) is 0 Å². The Bertz CT molecular complexity index is 269. The molecular formula is C11H19NO3S. The number of aliphatic hydroxyl groups is 1. The van der Waals surface area contributed by atoms with Crippen LogP contribution in [0.1, 0.15) is 27.2 Å². The van der Waals surface area contributed by atoms with Gasteiger partial charge >= 0.3 is 0 Å². The van der Waals surface area contributed by atoms with Crippen LogP contribution < -0.4 is 0 Å². The fourth-order valence-electron chi connectivity index (χ4n) is 1.92. The molecule has 1 aliphatic heterocycles. The van der Waals surface area contributed by atoms with Gasteiger partial charge in [0.25, 0.3) is 0 Å². The number of rotatable bonds is 3. The highest BCUT2D eigenvalue weighted by Crippen LogP contribution is 2.29. The Morgan fingerprint density at radius 3 is 2.19 bits per heavy atom. The average molecular weight is 245 g/mol. The fourth-order valence-corrected chi connectivity index (χ4v) is 2.65. The van der Waals surface area contributed by atoms with Crippen LogP contribution in [0.25, 0.3) is 0 Å². The first-order chi connectivity index (χ1) is 7.38. The highest BCUT2D eigenvalue weighted by molar-refractivity contribution is 8.00. The van der Waals surface area contributed by atoms with Crippen molar-refractivity contribution in [1.82, 2.24) is 4.90 Å². The minimum Gasteiger partial charge on any atom is -0.396 e. The van der Waals surface area contributed by atoms with E-state index in [1.807, 2.05) is 20.8 Å². The van der Waals surface area contributed by atoms with Gasteiger partial charge in [0.1, 0.15) is 0 Å². The number of thioether (sulfide) groups is 1. The smallest absolute Gasteiger partial charge is 0.239 e. The van der Waals surface area contributed by atoms with Gasteiger partial charge in [-0.25, -0.2) is 0 Å². The zero-order chi connectivity index (χ0) is 12.3. The van der Waals surface area contributed by atoms with Crippen LogP contribution in [0.3, 0.4) is 0 Å². The molecule has 16 heavy (non-hydrogen) atoms. The summed E-state index contributed by atoms with van der Waals surface area (Å²) in [6.45, 7) is 5.94. The van der Waals surface area contributed by atoms with E-state index in [0.29, 0.717) is 17.9 Å². The predicted molar refractivity (Wildman–Crippen MR) is 64.1 cm³/mol. The van der Waals surface area contributed by atoms with Gasteiger partial charge in [0.15, 0.2) is 0 Å². The molecule has 2 amide bonds. The summed E-state index contributed by atoms with van der Waals surface area (Å²) in [6, 6.07) is -0.210. The summed E-state index contributed by atoms with van der Waals surface area (Å²) < 4.78 is 0. The molecular weight excluding hydrogens is 226 g/mol. The van der Waals surface area contributed by atoms with Crippen LogP contribution in [-0.4, -0.2) is 46.0 Å². The Morgan fingerprint density at radius 2 is 1.81 bits per heavy atom. The number of carbonyl (C=O) groups is 2. The number of hydrogen-bond acceptors (Lipinski definition) is 4. The average Bonchev–Trinajstić information content (AvgIpc) is 2.14. The summed E-state index contributed by atoms with van der Waals surface area (Å²) in [5.41, 5.74) is -0.198. The van der Waals surface area contributed by atoms with Crippen molar-refractivity contribution < 1.29 is 14.7 Å². The van der Waals surface area contributed by atoms with Crippen molar-refractivity contribution in [2.45, 2.75) is 33.2 Å². The van der Waals surface area contributed by atoms with Gasteiger partial charge < -0.3 is 5.11 Å². The number of amides is 2. The largest absolute Gasteiger partial charge is 0.396 e. The molecule has 0 bridgehead atoms. The quantitative estimate of drug-likeness (QED) is 0.750. The summed E-state index contributed by atoms with van der Waals surface area (Å²) in [7, 11) is 0. The molecule has 0 aliphatic carbocycles. The number of carbonyl (C=O) groups excluding carboxylic acids is 2. The molecule has 5 heteroatoms. The Morgan fingerprint density at radius 1 is 1.31 bits per heavy atom. The first-order valence-corrected chi connectivity index (χ1v) is 6.57. The summed E-state index contributed by atoms with van der Waals surface area (Å²) in [6.07, 6.45) is 0.450.